The molecule has 0 heterocycles. The summed E-state index contributed by atoms with van der Waals surface area (Å²) in [5.41, 5.74) is 0. The first kappa shape index (κ1) is 35.5. The summed E-state index contributed by atoms with van der Waals surface area (Å²) in [6.45, 7) is 0. The topological polar surface area (TPSA) is 28.5 Å². The zero-order chi connectivity index (χ0) is 14.1. The minimum Gasteiger partial charge on any atom is -2.00 e. The predicted octanol–water partition coefficient (Wildman–Crippen LogP) is -0.494. The fourth-order valence-corrected chi connectivity index (χ4v) is 1.28. The van der Waals surface area contributed by atoms with E-state index in [0.717, 1.165) is 0 Å². The molecule has 0 atom stereocenters. The molecule has 0 amide bonds. The quantitative estimate of drug-likeness (QED) is 0.260. The van der Waals surface area contributed by atoms with Crippen LogP contribution in [0.3, 0.4) is 0 Å². The molecule has 128 valence electrons. The molecule has 4 rings (SSSR count). The molecular formula is C20H20Cl2OTi2. The molecule has 0 saturated heterocycles. The van der Waals surface area contributed by atoms with Crippen LogP contribution >= 0.6 is 0 Å². The Kier molecular flexibility index (Phi) is 44.2. The number of rotatable bonds is 0. The van der Waals surface area contributed by atoms with Crippen molar-refractivity contribution in [3.05, 3.63) is 121 Å². The molecule has 0 unspecified atom stereocenters. The van der Waals surface area contributed by atoms with Crippen molar-refractivity contribution >= 4 is 0 Å². The fourth-order valence-electron chi connectivity index (χ4n) is 1.28. The molecule has 4 aromatic rings. The molecule has 4 aromatic carbocycles. The van der Waals surface area contributed by atoms with Crippen LogP contribution in [0.4, 0.5) is 0 Å². The van der Waals surface area contributed by atoms with Gasteiger partial charge in [-0.1, -0.05) is 0 Å². The summed E-state index contributed by atoms with van der Waals surface area (Å²) in [6, 6.07) is 40.0. The van der Waals surface area contributed by atoms with Crippen LogP contribution in [0, 0.1) is 0 Å². The first-order chi connectivity index (χ1) is 10.0. The largest absolute Gasteiger partial charge is 4.00 e. The maximum Gasteiger partial charge on any atom is 4.00 e. The van der Waals surface area contributed by atoms with Gasteiger partial charge in [-0.05, 0) is 0 Å². The van der Waals surface area contributed by atoms with Crippen molar-refractivity contribution in [2.45, 2.75) is 0 Å². The number of halogens is 2. The van der Waals surface area contributed by atoms with E-state index in [2.05, 4.69) is 0 Å². The molecule has 0 N–H and O–H groups in total. The SMILES string of the molecule is [Cl-].[Cl-].[O-2].[Ti+4].[Ti+4].c1cc[cH-]c1.c1cc[cH-]c1.c1cc[cH-]c1.c1cc[cH-]c1. The van der Waals surface area contributed by atoms with Crippen molar-refractivity contribution in [3.8, 4) is 0 Å². The van der Waals surface area contributed by atoms with Crippen LogP contribution in [-0.4, -0.2) is 0 Å². The second kappa shape index (κ2) is 31.2. The summed E-state index contributed by atoms with van der Waals surface area (Å²) in [5.74, 6) is 0. The second-order valence-corrected chi connectivity index (χ2v) is 3.85. The minimum absolute atomic E-state index is 0. The summed E-state index contributed by atoms with van der Waals surface area (Å²) < 4.78 is 0. The molecule has 0 radical (unpaired) electrons. The number of hydrogen-bond donors (Lipinski definition) is 0. The third-order valence-electron chi connectivity index (χ3n) is 2.22. The Morgan fingerprint density at radius 1 is 0.320 bits per heavy atom. The van der Waals surface area contributed by atoms with Crippen LogP contribution in [0.25, 0.3) is 0 Å². The molecule has 0 aliphatic rings. The van der Waals surface area contributed by atoms with Crippen molar-refractivity contribution in [2.75, 3.05) is 0 Å². The second-order valence-electron chi connectivity index (χ2n) is 3.85. The standard InChI is InChI=1S/4C5H5.2ClH.O.2Ti/c4*1-2-4-5-3-1;;;;;/h4*1-5H;2*1H;;;/q4*-1;;;-2;2*+4/p-2. The summed E-state index contributed by atoms with van der Waals surface area (Å²) >= 11 is 0. The summed E-state index contributed by atoms with van der Waals surface area (Å²) in [4.78, 5) is 0. The molecule has 0 saturated carbocycles. The van der Waals surface area contributed by atoms with Crippen molar-refractivity contribution in [3.63, 3.8) is 0 Å². The summed E-state index contributed by atoms with van der Waals surface area (Å²) in [5, 5.41) is 0. The normalized spacial score (nSPS) is 6.40. The van der Waals surface area contributed by atoms with Crippen LogP contribution in [0.5, 0.6) is 0 Å². The Morgan fingerprint density at radius 3 is 0.480 bits per heavy atom. The third kappa shape index (κ3) is 28.4. The van der Waals surface area contributed by atoms with Gasteiger partial charge in [0.25, 0.3) is 0 Å². The molecule has 0 bridgehead atoms. The Labute approximate surface area is 193 Å². The van der Waals surface area contributed by atoms with Gasteiger partial charge < -0.3 is 30.3 Å². The molecule has 0 fully saturated rings. The van der Waals surface area contributed by atoms with Crippen molar-refractivity contribution < 1.29 is 73.7 Å². The van der Waals surface area contributed by atoms with Crippen LogP contribution in [0.15, 0.2) is 121 Å². The van der Waals surface area contributed by atoms with Gasteiger partial charge in [-0.2, -0.15) is 72.8 Å². The smallest absolute Gasteiger partial charge is 2.00 e. The zero-order valence-corrected chi connectivity index (χ0v) is 18.3. The van der Waals surface area contributed by atoms with Crippen molar-refractivity contribution in [1.29, 1.82) is 0 Å². The van der Waals surface area contributed by atoms with Gasteiger partial charge in [-0.3, -0.25) is 0 Å². The zero-order valence-electron chi connectivity index (χ0n) is 13.7. The average Bonchev–Trinajstić information content (AvgIpc) is 3.40. The summed E-state index contributed by atoms with van der Waals surface area (Å²) in [6.07, 6.45) is 0. The molecule has 25 heavy (non-hydrogen) atoms. The van der Waals surface area contributed by atoms with E-state index in [-0.39, 0.29) is 73.7 Å². The van der Waals surface area contributed by atoms with Crippen molar-refractivity contribution in [1.82, 2.24) is 0 Å². The van der Waals surface area contributed by atoms with Crippen molar-refractivity contribution in [2.24, 2.45) is 0 Å². The van der Waals surface area contributed by atoms with E-state index >= 15 is 0 Å². The Morgan fingerprint density at radius 2 is 0.440 bits per heavy atom. The van der Waals surface area contributed by atoms with E-state index in [4.69, 9.17) is 0 Å². The fraction of sp³-hybridized carbons (Fsp3) is 0. The predicted molar refractivity (Wildman–Crippen MR) is 88.8 cm³/mol. The summed E-state index contributed by atoms with van der Waals surface area (Å²) in [7, 11) is 0. The molecule has 0 aliphatic carbocycles. The van der Waals surface area contributed by atoms with E-state index < -0.39 is 0 Å². The van der Waals surface area contributed by atoms with E-state index in [9.17, 15) is 0 Å². The van der Waals surface area contributed by atoms with Gasteiger partial charge >= 0.3 is 43.4 Å². The molecule has 0 aromatic heterocycles. The Balaban J connectivity index is -0.0000000667. The van der Waals surface area contributed by atoms with Crippen LogP contribution in [-0.2, 0) is 48.9 Å². The van der Waals surface area contributed by atoms with E-state index in [1.807, 2.05) is 121 Å². The maximum absolute atomic E-state index is 2.00. The van der Waals surface area contributed by atoms with Gasteiger partial charge in [0, 0.05) is 0 Å². The maximum atomic E-state index is 2.00. The number of hydrogen-bond acceptors (Lipinski definition) is 0. The van der Waals surface area contributed by atoms with Gasteiger partial charge in [0.15, 0.2) is 0 Å². The molecular weight excluding hydrogens is 423 g/mol. The van der Waals surface area contributed by atoms with E-state index in [1.165, 1.54) is 0 Å². The molecule has 0 aliphatic heterocycles. The minimum atomic E-state index is 0. The third-order valence-corrected chi connectivity index (χ3v) is 2.22. The molecule has 5 heteroatoms. The van der Waals surface area contributed by atoms with Crippen LogP contribution < -0.4 is 24.8 Å². The van der Waals surface area contributed by atoms with E-state index in [0.29, 0.717) is 0 Å². The first-order valence-electron chi connectivity index (χ1n) is 6.67. The molecule has 1 nitrogen and oxygen atoms in total. The Bertz CT molecular complexity index is 357. The monoisotopic (exact) mass is 442 g/mol. The van der Waals surface area contributed by atoms with Crippen LogP contribution in [0.1, 0.15) is 0 Å². The van der Waals surface area contributed by atoms with Gasteiger partial charge in [0.05, 0.1) is 0 Å². The molecule has 0 spiro atoms. The Hall–Kier alpha value is -0.631. The van der Waals surface area contributed by atoms with Gasteiger partial charge in [0.2, 0.25) is 0 Å². The van der Waals surface area contributed by atoms with Gasteiger partial charge in [-0.15, -0.1) is 0 Å². The van der Waals surface area contributed by atoms with E-state index in [1.54, 1.807) is 0 Å². The van der Waals surface area contributed by atoms with Crippen LogP contribution in [0.2, 0.25) is 0 Å². The van der Waals surface area contributed by atoms with Gasteiger partial charge in [0.1, 0.15) is 0 Å². The first-order valence-corrected chi connectivity index (χ1v) is 6.67. The van der Waals surface area contributed by atoms with Gasteiger partial charge in [-0.25, -0.2) is 48.5 Å². The average molecular weight is 443 g/mol.